The number of hydrogen-bond donors (Lipinski definition) is 1. The lowest BCUT2D eigenvalue weighted by molar-refractivity contribution is 0.0405. The molecule has 1 aromatic carbocycles. The molecular weight excluding hydrogens is 193 g/mol. The van der Waals surface area contributed by atoms with Gasteiger partial charge in [0.15, 0.2) is 0 Å². The number of benzene rings is 1. The first-order valence-corrected chi connectivity index (χ1v) is 5.32. The minimum atomic E-state index is -0.392. The van der Waals surface area contributed by atoms with Crippen LogP contribution in [0.1, 0.15) is 31.9 Å². The first kappa shape index (κ1) is 12.1. The molecule has 0 aromatic heterocycles. The van der Waals surface area contributed by atoms with Gasteiger partial charge >= 0.3 is 0 Å². The Morgan fingerprint density at radius 3 is 2.53 bits per heavy atom. The van der Waals surface area contributed by atoms with Crippen LogP contribution in [0.15, 0.2) is 24.3 Å². The third-order valence-corrected chi connectivity index (χ3v) is 2.45. The standard InChI is InChI=1S/C12H18FNO/c1-3-11(15-4-2)12(14)9-7-5-6-8-10(9)13/h5-8,11-12H,3-4,14H2,1-2H3. The van der Waals surface area contributed by atoms with Crippen molar-refractivity contribution in [3.05, 3.63) is 35.6 Å². The molecule has 0 spiro atoms. The second-order valence-electron chi connectivity index (χ2n) is 3.45. The van der Waals surface area contributed by atoms with Crippen LogP contribution in [-0.2, 0) is 4.74 Å². The normalized spacial score (nSPS) is 14.9. The van der Waals surface area contributed by atoms with E-state index in [0.717, 1.165) is 6.42 Å². The minimum absolute atomic E-state index is 0.119. The lowest BCUT2D eigenvalue weighted by Crippen LogP contribution is -2.29. The van der Waals surface area contributed by atoms with Crippen molar-refractivity contribution in [2.24, 2.45) is 5.73 Å². The van der Waals surface area contributed by atoms with Gasteiger partial charge in [-0.15, -0.1) is 0 Å². The van der Waals surface area contributed by atoms with Gasteiger partial charge in [0.1, 0.15) is 5.82 Å². The summed E-state index contributed by atoms with van der Waals surface area (Å²) in [4.78, 5) is 0. The van der Waals surface area contributed by atoms with Gasteiger partial charge in [-0.25, -0.2) is 4.39 Å². The number of rotatable bonds is 5. The fraction of sp³-hybridized carbons (Fsp3) is 0.500. The predicted molar refractivity (Wildman–Crippen MR) is 59.0 cm³/mol. The van der Waals surface area contributed by atoms with E-state index in [1.165, 1.54) is 6.07 Å². The predicted octanol–water partition coefficient (Wildman–Crippen LogP) is 2.64. The van der Waals surface area contributed by atoms with Crippen molar-refractivity contribution in [3.63, 3.8) is 0 Å². The minimum Gasteiger partial charge on any atom is -0.377 e. The lowest BCUT2D eigenvalue weighted by Gasteiger charge is -2.23. The van der Waals surface area contributed by atoms with E-state index < -0.39 is 6.04 Å². The monoisotopic (exact) mass is 211 g/mol. The molecule has 0 aliphatic carbocycles. The Labute approximate surface area is 90.2 Å². The molecule has 2 nitrogen and oxygen atoms in total. The van der Waals surface area contributed by atoms with Crippen molar-refractivity contribution in [2.45, 2.75) is 32.4 Å². The Bertz CT molecular complexity index is 303. The maximum Gasteiger partial charge on any atom is 0.128 e. The van der Waals surface area contributed by atoms with Crippen LogP contribution in [0.25, 0.3) is 0 Å². The molecule has 84 valence electrons. The van der Waals surface area contributed by atoms with E-state index in [-0.39, 0.29) is 11.9 Å². The molecule has 2 unspecified atom stereocenters. The Morgan fingerprint density at radius 2 is 2.00 bits per heavy atom. The van der Waals surface area contributed by atoms with Crippen LogP contribution >= 0.6 is 0 Å². The van der Waals surface area contributed by atoms with Crippen LogP contribution in [0.4, 0.5) is 4.39 Å². The van der Waals surface area contributed by atoms with Crippen LogP contribution in [0.5, 0.6) is 0 Å². The Kier molecular flexibility index (Phi) is 4.72. The molecule has 0 heterocycles. The van der Waals surface area contributed by atoms with Gasteiger partial charge in [0.2, 0.25) is 0 Å². The highest BCUT2D eigenvalue weighted by molar-refractivity contribution is 5.21. The van der Waals surface area contributed by atoms with Gasteiger partial charge < -0.3 is 10.5 Å². The Balaban J connectivity index is 2.82. The van der Waals surface area contributed by atoms with E-state index in [1.807, 2.05) is 13.8 Å². The average molecular weight is 211 g/mol. The summed E-state index contributed by atoms with van der Waals surface area (Å²) in [7, 11) is 0. The number of nitrogens with two attached hydrogens (primary N) is 1. The molecule has 15 heavy (non-hydrogen) atoms. The van der Waals surface area contributed by atoms with E-state index in [0.29, 0.717) is 12.2 Å². The number of halogens is 1. The molecule has 0 radical (unpaired) electrons. The number of hydrogen-bond acceptors (Lipinski definition) is 2. The van der Waals surface area contributed by atoms with Crippen molar-refractivity contribution >= 4 is 0 Å². The van der Waals surface area contributed by atoms with Crippen molar-refractivity contribution in [2.75, 3.05) is 6.61 Å². The van der Waals surface area contributed by atoms with Gasteiger partial charge in [0.25, 0.3) is 0 Å². The van der Waals surface area contributed by atoms with Crippen LogP contribution in [0, 0.1) is 5.82 Å². The molecule has 1 rings (SSSR count). The Morgan fingerprint density at radius 1 is 1.33 bits per heavy atom. The molecule has 3 heteroatoms. The maximum absolute atomic E-state index is 13.4. The van der Waals surface area contributed by atoms with Gasteiger partial charge in [-0.05, 0) is 19.4 Å². The molecule has 0 amide bonds. The van der Waals surface area contributed by atoms with Crippen molar-refractivity contribution in [1.82, 2.24) is 0 Å². The SMILES string of the molecule is CCOC(CC)C(N)c1ccccc1F. The molecule has 0 bridgehead atoms. The van der Waals surface area contributed by atoms with Crippen molar-refractivity contribution < 1.29 is 9.13 Å². The summed E-state index contributed by atoms with van der Waals surface area (Å²) in [6.45, 7) is 4.50. The highest BCUT2D eigenvalue weighted by atomic mass is 19.1. The van der Waals surface area contributed by atoms with Crippen LogP contribution in [0.3, 0.4) is 0 Å². The van der Waals surface area contributed by atoms with Crippen molar-refractivity contribution in [1.29, 1.82) is 0 Å². The van der Waals surface area contributed by atoms with E-state index in [2.05, 4.69) is 0 Å². The Hall–Kier alpha value is -0.930. The summed E-state index contributed by atoms with van der Waals surface area (Å²) in [5.74, 6) is -0.261. The molecule has 0 fully saturated rings. The first-order valence-electron chi connectivity index (χ1n) is 5.32. The molecule has 2 atom stereocenters. The summed E-state index contributed by atoms with van der Waals surface area (Å²) in [5.41, 5.74) is 6.50. The van der Waals surface area contributed by atoms with Gasteiger partial charge in [-0.3, -0.25) is 0 Å². The fourth-order valence-electron chi connectivity index (χ4n) is 1.64. The van der Waals surface area contributed by atoms with Crippen LogP contribution < -0.4 is 5.73 Å². The van der Waals surface area contributed by atoms with E-state index in [1.54, 1.807) is 18.2 Å². The highest BCUT2D eigenvalue weighted by Gasteiger charge is 2.20. The third-order valence-electron chi connectivity index (χ3n) is 2.45. The molecule has 0 aliphatic heterocycles. The topological polar surface area (TPSA) is 35.2 Å². The van der Waals surface area contributed by atoms with Gasteiger partial charge in [0, 0.05) is 12.2 Å². The fourth-order valence-corrected chi connectivity index (χ4v) is 1.64. The largest absolute Gasteiger partial charge is 0.377 e. The first-order chi connectivity index (χ1) is 7.20. The molecule has 0 aliphatic rings. The van der Waals surface area contributed by atoms with Crippen LogP contribution in [0.2, 0.25) is 0 Å². The van der Waals surface area contributed by atoms with Gasteiger partial charge in [-0.1, -0.05) is 25.1 Å². The van der Waals surface area contributed by atoms with Gasteiger partial charge in [-0.2, -0.15) is 0 Å². The highest BCUT2D eigenvalue weighted by Crippen LogP contribution is 2.21. The average Bonchev–Trinajstić information content (AvgIpc) is 2.25. The smallest absolute Gasteiger partial charge is 0.128 e. The zero-order chi connectivity index (χ0) is 11.3. The molecular formula is C12H18FNO. The van der Waals surface area contributed by atoms with Crippen LogP contribution in [-0.4, -0.2) is 12.7 Å². The summed E-state index contributed by atoms with van der Waals surface area (Å²) in [5, 5.41) is 0. The molecule has 2 N–H and O–H groups in total. The lowest BCUT2D eigenvalue weighted by atomic mass is 10.00. The zero-order valence-electron chi connectivity index (χ0n) is 9.24. The van der Waals surface area contributed by atoms with E-state index >= 15 is 0 Å². The summed E-state index contributed by atoms with van der Waals surface area (Å²) < 4.78 is 18.9. The second-order valence-corrected chi connectivity index (χ2v) is 3.45. The maximum atomic E-state index is 13.4. The van der Waals surface area contributed by atoms with E-state index in [4.69, 9.17) is 10.5 Å². The van der Waals surface area contributed by atoms with Gasteiger partial charge in [0.05, 0.1) is 12.1 Å². The second kappa shape index (κ2) is 5.83. The molecule has 0 saturated heterocycles. The van der Waals surface area contributed by atoms with Crippen molar-refractivity contribution in [3.8, 4) is 0 Å². The molecule has 0 saturated carbocycles. The van der Waals surface area contributed by atoms with E-state index in [9.17, 15) is 4.39 Å². The third kappa shape index (κ3) is 3.01. The summed E-state index contributed by atoms with van der Waals surface area (Å²) in [6.07, 6.45) is 0.662. The quantitative estimate of drug-likeness (QED) is 0.812. The number of ether oxygens (including phenoxy) is 1. The summed E-state index contributed by atoms with van der Waals surface area (Å²) >= 11 is 0. The summed E-state index contributed by atoms with van der Waals surface area (Å²) in [6, 6.07) is 6.19. The molecule has 1 aromatic rings. The zero-order valence-corrected chi connectivity index (χ0v) is 9.24.